The second-order valence-electron chi connectivity index (χ2n) is 10.9. The zero-order valence-electron chi connectivity index (χ0n) is 23.7. The molecule has 0 atom stereocenters. The highest BCUT2D eigenvalue weighted by molar-refractivity contribution is 6.10. The van der Waals surface area contributed by atoms with Crippen molar-refractivity contribution in [1.82, 2.24) is 19.7 Å². The predicted molar refractivity (Wildman–Crippen MR) is 158 cm³/mol. The molecule has 0 spiro atoms. The molecule has 0 radical (unpaired) electrons. The van der Waals surface area contributed by atoms with E-state index in [0.717, 1.165) is 42.6 Å². The fourth-order valence-electron chi connectivity index (χ4n) is 5.86. The number of fused-ring (bicyclic) bond motifs is 1. The van der Waals surface area contributed by atoms with Gasteiger partial charge in [-0.2, -0.15) is 0 Å². The molecule has 0 amide bonds. The maximum Gasteiger partial charge on any atom is 0.336 e. The average molecular weight is 553 g/mol. The molecule has 4 aromatic rings. The molecule has 2 aromatic heterocycles. The number of carbonyl (C=O) groups is 3. The average Bonchev–Trinajstić information content (AvgIpc) is 3.36. The molecule has 212 valence electrons. The maximum atomic E-state index is 13.3. The largest absolute Gasteiger partial charge is 0.478 e. The van der Waals surface area contributed by atoms with Gasteiger partial charge in [0.05, 0.1) is 5.56 Å². The van der Waals surface area contributed by atoms with Crippen LogP contribution in [0.1, 0.15) is 120 Å². The van der Waals surface area contributed by atoms with E-state index in [2.05, 4.69) is 14.8 Å². The van der Waals surface area contributed by atoms with E-state index in [-0.39, 0.29) is 34.4 Å². The Bertz CT molecular complexity index is 1580. The van der Waals surface area contributed by atoms with Crippen LogP contribution in [-0.2, 0) is 6.54 Å². The third-order valence-electron chi connectivity index (χ3n) is 7.91. The zero-order chi connectivity index (χ0) is 28.9. The van der Waals surface area contributed by atoms with Crippen molar-refractivity contribution in [1.29, 1.82) is 0 Å². The quantitative estimate of drug-likeness (QED) is 0.195. The van der Waals surface area contributed by atoms with E-state index in [0.29, 0.717) is 48.8 Å². The third kappa shape index (κ3) is 5.82. The lowest BCUT2D eigenvalue weighted by molar-refractivity contribution is 0.0697. The van der Waals surface area contributed by atoms with Crippen LogP contribution in [0.4, 0.5) is 0 Å². The van der Waals surface area contributed by atoms with Crippen molar-refractivity contribution in [2.24, 2.45) is 0 Å². The summed E-state index contributed by atoms with van der Waals surface area (Å²) >= 11 is 0. The lowest BCUT2D eigenvalue weighted by atomic mass is 9.88. The van der Waals surface area contributed by atoms with Gasteiger partial charge in [0.1, 0.15) is 16.9 Å². The molecule has 0 unspecified atom stereocenters. The van der Waals surface area contributed by atoms with E-state index in [1.54, 1.807) is 12.1 Å². The number of aromatic carboxylic acids is 1. The summed E-state index contributed by atoms with van der Waals surface area (Å²) in [5, 5.41) is 18.2. The van der Waals surface area contributed by atoms with Gasteiger partial charge in [0.2, 0.25) is 0 Å². The molecule has 2 aromatic carbocycles. The van der Waals surface area contributed by atoms with Crippen LogP contribution >= 0.6 is 0 Å². The van der Waals surface area contributed by atoms with E-state index < -0.39 is 5.97 Å². The molecule has 8 nitrogen and oxygen atoms in total. The first-order valence-electron chi connectivity index (χ1n) is 14.7. The summed E-state index contributed by atoms with van der Waals surface area (Å²) in [6, 6.07) is 14.8. The second-order valence-corrected chi connectivity index (χ2v) is 10.9. The molecule has 1 fully saturated rings. The molecule has 0 saturated heterocycles. The van der Waals surface area contributed by atoms with Gasteiger partial charge in [0.25, 0.3) is 0 Å². The van der Waals surface area contributed by atoms with Gasteiger partial charge in [-0.25, -0.2) is 9.78 Å². The summed E-state index contributed by atoms with van der Waals surface area (Å²) < 4.78 is 2.09. The van der Waals surface area contributed by atoms with Gasteiger partial charge >= 0.3 is 5.97 Å². The summed E-state index contributed by atoms with van der Waals surface area (Å²) in [6.45, 7) is 4.35. The topological polar surface area (TPSA) is 115 Å². The molecule has 1 aliphatic rings. The molecule has 8 heteroatoms. The Morgan fingerprint density at radius 2 is 1.49 bits per heavy atom. The highest BCUT2D eigenvalue weighted by Crippen LogP contribution is 2.36. The summed E-state index contributed by atoms with van der Waals surface area (Å²) in [5.74, 6) is -0.0743. The molecular formula is C33H36N4O4. The number of hydrogen-bond donors (Lipinski definition) is 1. The lowest BCUT2D eigenvalue weighted by Gasteiger charge is -2.22. The Morgan fingerprint density at radius 3 is 2.15 bits per heavy atom. The Balaban J connectivity index is 1.64. The number of carbonyl (C=O) groups excluding carboxylic acids is 2. The van der Waals surface area contributed by atoms with E-state index in [9.17, 15) is 19.5 Å². The van der Waals surface area contributed by atoms with Crippen molar-refractivity contribution < 1.29 is 19.5 Å². The minimum Gasteiger partial charge on any atom is -0.478 e. The van der Waals surface area contributed by atoms with E-state index in [4.69, 9.17) is 4.98 Å². The number of ketones is 2. The van der Waals surface area contributed by atoms with E-state index >= 15 is 0 Å². The van der Waals surface area contributed by atoms with Gasteiger partial charge in [0, 0.05) is 25.3 Å². The van der Waals surface area contributed by atoms with Crippen molar-refractivity contribution in [2.45, 2.75) is 84.1 Å². The van der Waals surface area contributed by atoms with Crippen molar-refractivity contribution >= 4 is 28.6 Å². The Labute approximate surface area is 239 Å². The van der Waals surface area contributed by atoms with Gasteiger partial charge in [0.15, 0.2) is 23.0 Å². The van der Waals surface area contributed by atoms with Gasteiger partial charge in [-0.3, -0.25) is 9.59 Å². The number of imidazole rings is 1. The second kappa shape index (κ2) is 12.5. The first-order valence-corrected chi connectivity index (χ1v) is 14.7. The van der Waals surface area contributed by atoms with Crippen LogP contribution in [0.15, 0.2) is 48.5 Å². The van der Waals surface area contributed by atoms with Crippen molar-refractivity contribution in [3.8, 4) is 11.1 Å². The Kier molecular flexibility index (Phi) is 8.67. The minimum atomic E-state index is -0.967. The summed E-state index contributed by atoms with van der Waals surface area (Å²) in [7, 11) is 0. The molecule has 0 aliphatic heterocycles. The first-order chi connectivity index (χ1) is 19.9. The molecule has 0 bridgehead atoms. The standard InChI is InChI=1S/C33H36N4O4/c1-3-10-26(38)28-30-31(29(36-35-28)27(39)11-4-2)37(32(34-30)23-12-6-5-7-13-23)20-21-16-18-22(19-17-21)24-14-8-9-15-25(24)33(40)41/h8-9,14-19,23H,3-7,10-13,20H2,1-2H3,(H,40,41). The number of Topliss-reactive ketones (excluding diaryl/α,β-unsaturated/α-hetero) is 2. The molecule has 1 aliphatic carbocycles. The number of hydrogen-bond acceptors (Lipinski definition) is 6. The van der Waals surface area contributed by atoms with Gasteiger partial charge < -0.3 is 9.67 Å². The van der Waals surface area contributed by atoms with Gasteiger partial charge in [-0.1, -0.05) is 75.6 Å². The monoisotopic (exact) mass is 552 g/mol. The maximum absolute atomic E-state index is 13.3. The smallest absolute Gasteiger partial charge is 0.336 e. The summed E-state index contributed by atoms with van der Waals surface area (Å²) in [6.07, 6.45) is 7.49. The van der Waals surface area contributed by atoms with Gasteiger partial charge in [-0.15, -0.1) is 10.2 Å². The highest BCUT2D eigenvalue weighted by atomic mass is 16.4. The van der Waals surface area contributed by atoms with Crippen molar-refractivity contribution in [3.05, 3.63) is 76.9 Å². The van der Waals surface area contributed by atoms with Crippen LogP contribution in [-0.4, -0.2) is 42.4 Å². The number of carboxylic acid groups (broad SMARTS) is 1. The third-order valence-corrected chi connectivity index (χ3v) is 7.91. The lowest BCUT2D eigenvalue weighted by Crippen LogP contribution is -2.15. The van der Waals surface area contributed by atoms with E-state index in [1.807, 2.05) is 50.2 Å². The SMILES string of the molecule is CCCC(=O)c1nnc(C(=O)CCC)c2c1nc(C1CCCCC1)n2Cc1ccc(-c2ccccc2C(=O)O)cc1. The summed E-state index contributed by atoms with van der Waals surface area (Å²) in [4.78, 5) is 43.2. The van der Waals surface area contributed by atoms with Crippen molar-refractivity contribution in [3.63, 3.8) is 0 Å². The van der Waals surface area contributed by atoms with E-state index in [1.165, 1.54) is 6.42 Å². The Morgan fingerprint density at radius 1 is 0.854 bits per heavy atom. The predicted octanol–water partition coefficient (Wildman–Crippen LogP) is 7.25. The normalized spacial score (nSPS) is 13.9. The fourth-order valence-corrected chi connectivity index (χ4v) is 5.86. The molecule has 41 heavy (non-hydrogen) atoms. The number of rotatable bonds is 11. The van der Waals surface area contributed by atoms with Crippen molar-refractivity contribution in [2.75, 3.05) is 0 Å². The number of aromatic nitrogens is 4. The van der Waals surface area contributed by atoms with Crippen LogP contribution in [0, 0.1) is 0 Å². The molecule has 1 N–H and O–H groups in total. The molecule has 1 saturated carbocycles. The van der Waals surface area contributed by atoms with Crippen LogP contribution in [0.5, 0.6) is 0 Å². The van der Waals surface area contributed by atoms with Crippen LogP contribution in [0.25, 0.3) is 22.2 Å². The fraction of sp³-hybridized carbons (Fsp3) is 0.394. The first kappa shape index (κ1) is 28.3. The number of benzene rings is 2. The zero-order valence-corrected chi connectivity index (χ0v) is 23.7. The highest BCUT2D eigenvalue weighted by Gasteiger charge is 2.29. The molecule has 5 rings (SSSR count). The van der Waals surface area contributed by atoms with Crippen LogP contribution in [0.3, 0.4) is 0 Å². The number of nitrogens with zero attached hydrogens (tertiary/aromatic N) is 4. The molecular weight excluding hydrogens is 516 g/mol. The Hall–Kier alpha value is -4.20. The minimum absolute atomic E-state index is 0.100. The molecule has 2 heterocycles. The van der Waals surface area contributed by atoms with Gasteiger partial charge in [-0.05, 0) is 48.4 Å². The summed E-state index contributed by atoms with van der Waals surface area (Å²) in [5.41, 5.74) is 4.29. The van der Waals surface area contributed by atoms with Crippen LogP contribution < -0.4 is 0 Å². The number of carboxylic acids is 1. The van der Waals surface area contributed by atoms with Crippen LogP contribution in [0.2, 0.25) is 0 Å².